The van der Waals surface area contributed by atoms with Crippen molar-refractivity contribution in [3.63, 3.8) is 0 Å². The van der Waals surface area contributed by atoms with Crippen molar-refractivity contribution in [3.8, 4) is 12.3 Å². The molecule has 0 bridgehead atoms. The molecule has 0 aromatic heterocycles. The number of nitrogens with zero attached hydrogens (tertiary/aromatic N) is 1. The van der Waals surface area contributed by atoms with Gasteiger partial charge >= 0.3 is 5.97 Å². The van der Waals surface area contributed by atoms with Crippen LogP contribution in [0.25, 0.3) is 0 Å². The van der Waals surface area contributed by atoms with Crippen molar-refractivity contribution in [1.29, 1.82) is 0 Å². The molecule has 2 rings (SSSR count). The van der Waals surface area contributed by atoms with Gasteiger partial charge in [-0.15, -0.1) is 6.42 Å². The lowest BCUT2D eigenvalue weighted by molar-refractivity contribution is -0.138. The van der Waals surface area contributed by atoms with Gasteiger partial charge in [0.2, 0.25) is 0 Å². The van der Waals surface area contributed by atoms with Gasteiger partial charge < -0.3 is 5.11 Å². The minimum atomic E-state index is -3.36. The number of carboxylic acids is 1. The number of fused-ring (bicyclic) bond motifs is 1. The maximum Gasteiger partial charge on any atom is 0.317 e. The summed E-state index contributed by atoms with van der Waals surface area (Å²) >= 11 is 0. The molecule has 6 heteroatoms. The highest BCUT2D eigenvalue weighted by atomic mass is 32.2. The van der Waals surface area contributed by atoms with Crippen LogP contribution < -0.4 is 0 Å². The zero-order chi connectivity index (χ0) is 14.0. The molecule has 0 fully saturated rings. The molecule has 0 saturated heterocycles. The number of carboxylic acid groups (broad SMARTS) is 1. The van der Waals surface area contributed by atoms with E-state index in [1.807, 2.05) is 0 Å². The van der Waals surface area contributed by atoms with E-state index >= 15 is 0 Å². The molecule has 0 spiro atoms. The fraction of sp³-hybridized carbons (Fsp3) is 0.308. The first-order valence-corrected chi connectivity index (χ1v) is 7.32. The molecule has 0 radical (unpaired) electrons. The molecule has 5 nitrogen and oxygen atoms in total. The fourth-order valence-electron chi connectivity index (χ4n) is 2.30. The van der Waals surface area contributed by atoms with E-state index in [-0.39, 0.29) is 23.7 Å². The van der Waals surface area contributed by atoms with Crippen LogP contribution in [0.1, 0.15) is 11.6 Å². The van der Waals surface area contributed by atoms with E-state index in [9.17, 15) is 13.2 Å². The summed E-state index contributed by atoms with van der Waals surface area (Å²) in [5.74, 6) is 1.22. The normalized spacial score (nSPS) is 19.9. The zero-order valence-corrected chi connectivity index (χ0v) is 10.9. The van der Waals surface area contributed by atoms with Gasteiger partial charge in [-0.05, 0) is 11.6 Å². The SMILES string of the molecule is C#CCN(CC(=O)O)C1CS(=O)(=O)c2ccccc21. The minimum Gasteiger partial charge on any atom is -0.480 e. The number of aliphatic carboxylic acids is 1. The number of rotatable bonds is 4. The van der Waals surface area contributed by atoms with Crippen molar-refractivity contribution in [3.05, 3.63) is 29.8 Å². The number of hydrogen-bond donors (Lipinski definition) is 1. The third-order valence-electron chi connectivity index (χ3n) is 3.06. The van der Waals surface area contributed by atoms with Crippen molar-refractivity contribution in [2.75, 3.05) is 18.8 Å². The van der Waals surface area contributed by atoms with E-state index in [1.54, 1.807) is 24.3 Å². The summed E-state index contributed by atoms with van der Waals surface area (Å²) in [6.07, 6.45) is 5.23. The van der Waals surface area contributed by atoms with Crippen LogP contribution in [-0.2, 0) is 14.6 Å². The second-order valence-electron chi connectivity index (χ2n) is 4.34. The van der Waals surface area contributed by atoms with Crippen LogP contribution in [0.2, 0.25) is 0 Å². The number of benzene rings is 1. The Bertz CT molecular complexity index is 645. The quantitative estimate of drug-likeness (QED) is 0.814. The maximum absolute atomic E-state index is 12.0. The van der Waals surface area contributed by atoms with Crippen LogP contribution in [0.4, 0.5) is 0 Å². The highest BCUT2D eigenvalue weighted by Crippen LogP contribution is 2.36. The Morgan fingerprint density at radius 3 is 2.79 bits per heavy atom. The van der Waals surface area contributed by atoms with Gasteiger partial charge in [0.25, 0.3) is 0 Å². The molecular formula is C13H13NO4S. The Hall–Kier alpha value is -1.84. The van der Waals surface area contributed by atoms with Gasteiger partial charge in [0.1, 0.15) is 0 Å². The van der Waals surface area contributed by atoms with Gasteiger partial charge in [-0.1, -0.05) is 24.1 Å². The molecule has 1 atom stereocenters. The second kappa shape index (κ2) is 5.03. The Labute approximate surface area is 111 Å². The Balaban J connectivity index is 2.41. The number of carbonyl (C=O) groups is 1. The van der Waals surface area contributed by atoms with Crippen molar-refractivity contribution < 1.29 is 18.3 Å². The predicted molar refractivity (Wildman–Crippen MR) is 69.3 cm³/mol. The number of hydrogen-bond acceptors (Lipinski definition) is 4. The Kier molecular flexibility index (Phi) is 3.60. The van der Waals surface area contributed by atoms with E-state index < -0.39 is 21.8 Å². The second-order valence-corrected chi connectivity index (χ2v) is 6.34. The molecule has 1 aromatic rings. The Morgan fingerprint density at radius 1 is 1.47 bits per heavy atom. The maximum atomic E-state index is 12.0. The third kappa shape index (κ3) is 2.62. The first kappa shape index (κ1) is 13.6. The van der Waals surface area contributed by atoms with Crippen LogP contribution in [0.15, 0.2) is 29.2 Å². The van der Waals surface area contributed by atoms with Gasteiger partial charge in [-0.3, -0.25) is 9.69 Å². The Morgan fingerprint density at radius 2 is 2.16 bits per heavy atom. The fourth-order valence-corrected chi connectivity index (χ4v) is 4.13. The van der Waals surface area contributed by atoms with Gasteiger partial charge in [0, 0.05) is 0 Å². The average molecular weight is 279 g/mol. The molecule has 0 aliphatic carbocycles. The molecule has 1 unspecified atom stereocenters. The monoisotopic (exact) mass is 279 g/mol. The van der Waals surface area contributed by atoms with Crippen molar-refractivity contribution >= 4 is 15.8 Å². The van der Waals surface area contributed by atoms with Gasteiger partial charge in [-0.25, -0.2) is 8.42 Å². The van der Waals surface area contributed by atoms with E-state index in [0.29, 0.717) is 5.56 Å². The van der Waals surface area contributed by atoms with Gasteiger partial charge in [0.15, 0.2) is 9.84 Å². The molecule has 1 aliphatic heterocycles. The first-order valence-electron chi connectivity index (χ1n) is 5.66. The minimum absolute atomic E-state index is 0.0980. The molecule has 1 aromatic carbocycles. The third-order valence-corrected chi connectivity index (χ3v) is 4.86. The van der Waals surface area contributed by atoms with Crippen LogP contribution >= 0.6 is 0 Å². The summed E-state index contributed by atoms with van der Waals surface area (Å²) < 4.78 is 24.1. The summed E-state index contributed by atoms with van der Waals surface area (Å²) in [6.45, 7) is -0.181. The van der Waals surface area contributed by atoms with Crippen LogP contribution in [-0.4, -0.2) is 43.2 Å². The van der Waals surface area contributed by atoms with Gasteiger partial charge in [-0.2, -0.15) is 0 Å². The first-order chi connectivity index (χ1) is 8.95. The standard InChI is InChI=1S/C13H13NO4S/c1-2-7-14(8-13(15)16)11-9-19(17,18)12-6-4-3-5-10(11)12/h1,3-6,11H,7-9H2,(H,15,16). The highest BCUT2D eigenvalue weighted by molar-refractivity contribution is 7.91. The largest absolute Gasteiger partial charge is 0.480 e. The van der Waals surface area contributed by atoms with Crippen molar-refractivity contribution in [2.45, 2.75) is 10.9 Å². The molecule has 1 heterocycles. The topological polar surface area (TPSA) is 74.7 Å². The average Bonchev–Trinajstić information content (AvgIpc) is 2.61. The smallest absolute Gasteiger partial charge is 0.317 e. The molecule has 19 heavy (non-hydrogen) atoms. The summed E-state index contributed by atoms with van der Waals surface area (Å²) in [5.41, 5.74) is 0.624. The molecule has 1 N–H and O–H groups in total. The summed E-state index contributed by atoms with van der Waals surface area (Å²) in [6, 6.07) is 6.15. The van der Waals surface area contributed by atoms with E-state index in [1.165, 1.54) is 4.90 Å². The molecule has 1 aliphatic rings. The number of terminal acetylenes is 1. The molecule has 100 valence electrons. The number of sulfone groups is 1. The van der Waals surface area contributed by atoms with Crippen molar-refractivity contribution in [1.82, 2.24) is 4.90 Å². The predicted octanol–water partition coefficient (Wildman–Crippen LogP) is 0.535. The van der Waals surface area contributed by atoms with Crippen LogP contribution in [0.5, 0.6) is 0 Å². The van der Waals surface area contributed by atoms with Gasteiger partial charge in [0.05, 0.1) is 29.8 Å². The lowest BCUT2D eigenvalue weighted by Crippen LogP contribution is -2.35. The van der Waals surface area contributed by atoms with E-state index in [0.717, 1.165) is 0 Å². The zero-order valence-electron chi connectivity index (χ0n) is 10.1. The van der Waals surface area contributed by atoms with E-state index in [2.05, 4.69) is 5.92 Å². The van der Waals surface area contributed by atoms with E-state index in [4.69, 9.17) is 11.5 Å². The molecule has 0 amide bonds. The lowest BCUT2D eigenvalue weighted by atomic mass is 10.1. The molecular weight excluding hydrogens is 266 g/mol. The summed E-state index contributed by atoms with van der Waals surface area (Å²) in [5, 5.41) is 8.89. The highest BCUT2D eigenvalue weighted by Gasteiger charge is 2.37. The summed E-state index contributed by atoms with van der Waals surface area (Å²) in [7, 11) is -3.36. The van der Waals surface area contributed by atoms with Crippen molar-refractivity contribution in [2.24, 2.45) is 0 Å². The lowest BCUT2D eigenvalue weighted by Gasteiger charge is -2.24. The van der Waals surface area contributed by atoms with Crippen LogP contribution in [0, 0.1) is 12.3 Å². The summed E-state index contributed by atoms with van der Waals surface area (Å²) in [4.78, 5) is 12.6. The molecule has 0 saturated carbocycles. The van der Waals surface area contributed by atoms with Crippen LogP contribution in [0.3, 0.4) is 0 Å².